The van der Waals surface area contributed by atoms with Crippen molar-refractivity contribution in [3.05, 3.63) is 63.1 Å². The van der Waals surface area contributed by atoms with Gasteiger partial charge in [-0.3, -0.25) is 9.69 Å². The molecule has 2 aliphatic heterocycles. The Bertz CT molecular complexity index is 967. The van der Waals surface area contributed by atoms with Crippen LogP contribution in [0, 0.1) is 0 Å². The quantitative estimate of drug-likeness (QED) is 0.640. The number of aromatic nitrogens is 1. The zero-order chi connectivity index (χ0) is 20.3. The molecule has 1 aromatic carbocycles. The molecule has 8 heteroatoms. The Kier molecular flexibility index (Phi) is 5.92. The van der Waals surface area contributed by atoms with Crippen LogP contribution < -0.4 is 10.9 Å². The fourth-order valence-electron chi connectivity index (χ4n) is 4.06. The van der Waals surface area contributed by atoms with E-state index >= 15 is 0 Å². The van der Waals surface area contributed by atoms with E-state index in [0.29, 0.717) is 0 Å². The lowest BCUT2D eigenvalue weighted by atomic mass is 10.1. The summed E-state index contributed by atoms with van der Waals surface area (Å²) in [6, 6.07) is 14.6. The van der Waals surface area contributed by atoms with Crippen LogP contribution in [-0.2, 0) is 11.3 Å². The van der Waals surface area contributed by atoms with Gasteiger partial charge in [-0.15, -0.1) is 22.7 Å². The SMILES string of the molecule is O=C(C1CC(c2cccs2)NN1)N1CCN(Cc2nc(-c3ccccc3)cs2)CC1. The van der Waals surface area contributed by atoms with Crippen molar-refractivity contribution < 1.29 is 4.79 Å². The van der Waals surface area contributed by atoms with Crippen LogP contribution in [0.4, 0.5) is 0 Å². The maximum atomic E-state index is 12.9. The first-order valence-corrected chi connectivity index (χ1v) is 12.1. The smallest absolute Gasteiger partial charge is 0.241 e. The number of nitrogens with zero attached hydrogens (tertiary/aromatic N) is 3. The molecule has 2 N–H and O–H groups in total. The molecule has 0 spiro atoms. The molecule has 4 heterocycles. The normalized spacial score (nSPS) is 22.5. The first kappa shape index (κ1) is 19.8. The van der Waals surface area contributed by atoms with Gasteiger partial charge in [-0.1, -0.05) is 36.4 Å². The molecular formula is C22H25N5OS2. The van der Waals surface area contributed by atoms with Crippen LogP contribution in [0.1, 0.15) is 22.3 Å². The zero-order valence-corrected chi connectivity index (χ0v) is 18.3. The molecule has 0 saturated carbocycles. The van der Waals surface area contributed by atoms with Crippen LogP contribution in [0.25, 0.3) is 11.3 Å². The van der Waals surface area contributed by atoms with Gasteiger partial charge < -0.3 is 4.90 Å². The lowest BCUT2D eigenvalue weighted by molar-refractivity contribution is -0.135. The highest BCUT2D eigenvalue weighted by atomic mass is 32.1. The second-order valence-corrected chi connectivity index (χ2v) is 9.66. The Morgan fingerprint density at radius 3 is 2.63 bits per heavy atom. The van der Waals surface area contributed by atoms with Crippen LogP contribution in [0.15, 0.2) is 53.2 Å². The summed E-state index contributed by atoms with van der Waals surface area (Å²) in [4.78, 5) is 23.4. The van der Waals surface area contributed by atoms with Gasteiger partial charge in [0.2, 0.25) is 5.91 Å². The molecule has 2 fully saturated rings. The summed E-state index contributed by atoms with van der Waals surface area (Å²) in [6.07, 6.45) is 0.806. The van der Waals surface area contributed by atoms with Crippen LogP contribution >= 0.6 is 22.7 Å². The topological polar surface area (TPSA) is 60.5 Å². The summed E-state index contributed by atoms with van der Waals surface area (Å²) in [5.41, 5.74) is 8.69. The molecule has 2 saturated heterocycles. The van der Waals surface area contributed by atoms with Gasteiger partial charge in [0.25, 0.3) is 0 Å². The maximum absolute atomic E-state index is 12.9. The van der Waals surface area contributed by atoms with E-state index in [1.165, 1.54) is 4.88 Å². The number of hydrogen-bond acceptors (Lipinski definition) is 7. The third kappa shape index (κ3) is 4.33. The molecule has 2 aromatic heterocycles. The van der Waals surface area contributed by atoms with Crippen molar-refractivity contribution in [1.29, 1.82) is 0 Å². The minimum atomic E-state index is -0.143. The van der Waals surface area contributed by atoms with Gasteiger partial charge in [-0.05, 0) is 17.9 Å². The highest BCUT2D eigenvalue weighted by Gasteiger charge is 2.34. The predicted octanol–water partition coefficient (Wildman–Crippen LogP) is 3.12. The average molecular weight is 440 g/mol. The molecule has 0 aliphatic carbocycles. The number of hydrazine groups is 1. The fourth-order valence-corrected chi connectivity index (χ4v) is 5.69. The molecule has 2 atom stereocenters. The molecular weight excluding hydrogens is 414 g/mol. The van der Waals surface area contributed by atoms with E-state index in [1.54, 1.807) is 22.7 Å². The van der Waals surface area contributed by atoms with Gasteiger partial charge in [0.1, 0.15) is 11.0 Å². The summed E-state index contributed by atoms with van der Waals surface area (Å²) >= 11 is 3.45. The van der Waals surface area contributed by atoms with Crippen LogP contribution in [0.5, 0.6) is 0 Å². The van der Waals surface area contributed by atoms with Crippen molar-refractivity contribution >= 4 is 28.6 Å². The number of carbonyl (C=O) groups is 1. The first-order chi connectivity index (χ1) is 14.8. The number of piperazine rings is 1. The molecule has 0 radical (unpaired) electrons. The monoisotopic (exact) mass is 439 g/mol. The van der Waals surface area contributed by atoms with Crippen molar-refractivity contribution in [2.24, 2.45) is 0 Å². The zero-order valence-electron chi connectivity index (χ0n) is 16.7. The second kappa shape index (κ2) is 8.95. The predicted molar refractivity (Wildman–Crippen MR) is 121 cm³/mol. The number of hydrogen-bond donors (Lipinski definition) is 2. The molecule has 6 nitrogen and oxygen atoms in total. The fraction of sp³-hybridized carbons (Fsp3) is 0.364. The van der Waals surface area contributed by atoms with E-state index in [0.717, 1.165) is 55.4 Å². The third-order valence-corrected chi connectivity index (χ3v) is 7.57. The lowest BCUT2D eigenvalue weighted by Gasteiger charge is -2.35. The van der Waals surface area contributed by atoms with Crippen LogP contribution in [-0.4, -0.2) is 52.9 Å². The second-order valence-electron chi connectivity index (χ2n) is 7.74. The Hall–Kier alpha value is -2.10. The first-order valence-electron chi connectivity index (χ1n) is 10.3. The van der Waals surface area contributed by atoms with Crippen molar-refractivity contribution in [2.45, 2.75) is 25.0 Å². The average Bonchev–Trinajstić information content (AvgIpc) is 3.55. The van der Waals surface area contributed by atoms with E-state index in [4.69, 9.17) is 4.98 Å². The Balaban J connectivity index is 1.12. The Morgan fingerprint density at radius 2 is 1.87 bits per heavy atom. The number of amides is 1. The van der Waals surface area contributed by atoms with Gasteiger partial charge in [-0.2, -0.15) is 0 Å². The Morgan fingerprint density at radius 1 is 1.03 bits per heavy atom. The number of thiophene rings is 1. The summed E-state index contributed by atoms with van der Waals surface area (Å²) < 4.78 is 0. The van der Waals surface area contributed by atoms with Crippen LogP contribution in [0.3, 0.4) is 0 Å². The molecule has 2 unspecified atom stereocenters. The molecule has 156 valence electrons. The van der Waals surface area contributed by atoms with Crippen molar-refractivity contribution in [1.82, 2.24) is 25.6 Å². The third-order valence-electron chi connectivity index (χ3n) is 5.75. The van der Waals surface area contributed by atoms with E-state index in [-0.39, 0.29) is 18.0 Å². The van der Waals surface area contributed by atoms with E-state index in [1.807, 2.05) is 23.1 Å². The highest BCUT2D eigenvalue weighted by molar-refractivity contribution is 7.10. The number of thiazole rings is 1. The summed E-state index contributed by atoms with van der Waals surface area (Å²) in [5, 5.41) is 5.35. The number of nitrogens with one attached hydrogen (secondary N) is 2. The molecule has 0 bridgehead atoms. The van der Waals surface area contributed by atoms with Gasteiger partial charge in [-0.25, -0.2) is 15.8 Å². The minimum Gasteiger partial charge on any atom is -0.339 e. The standard InChI is InChI=1S/C22H25N5OS2/c28-22(18-13-17(24-25-18)20-7-4-12-29-20)27-10-8-26(9-11-27)14-21-23-19(15-30-21)16-5-2-1-3-6-16/h1-7,12,15,17-18,24-25H,8-11,13-14H2. The number of benzene rings is 1. The number of rotatable bonds is 5. The maximum Gasteiger partial charge on any atom is 0.241 e. The van der Waals surface area contributed by atoms with E-state index in [9.17, 15) is 4.79 Å². The largest absolute Gasteiger partial charge is 0.339 e. The molecule has 30 heavy (non-hydrogen) atoms. The Labute approximate surface area is 184 Å². The van der Waals surface area contributed by atoms with Gasteiger partial charge in [0, 0.05) is 42.0 Å². The number of carbonyl (C=O) groups excluding carboxylic acids is 1. The van der Waals surface area contributed by atoms with Gasteiger partial charge >= 0.3 is 0 Å². The molecule has 3 aromatic rings. The highest BCUT2D eigenvalue weighted by Crippen LogP contribution is 2.27. The van der Waals surface area contributed by atoms with Crippen LogP contribution in [0.2, 0.25) is 0 Å². The summed E-state index contributed by atoms with van der Waals surface area (Å²) in [7, 11) is 0. The van der Waals surface area contributed by atoms with Crippen molar-refractivity contribution in [3.63, 3.8) is 0 Å². The van der Waals surface area contributed by atoms with Gasteiger partial charge in [0.15, 0.2) is 0 Å². The molecule has 1 amide bonds. The summed E-state index contributed by atoms with van der Waals surface area (Å²) in [5.74, 6) is 0.210. The summed E-state index contributed by atoms with van der Waals surface area (Å²) in [6.45, 7) is 4.18. The van der Waals surface area contributed by atoms with E-state index < -0.39 is 0 Å². The lowest BCUT2D eigenvalue weighted by Crippen LogP contribution is -2.53. The van der Waals surface area contributed by atoms with E-state index in [2.05, 4.69) is 50.8 Å². The van der Waals surface area contributed by atoms with Gasteiger partial charge in [0.05, 0.1) is 18.3 Å². The molecule has 2 aliphatic rings. The molecule has 5 rings (SSSR count). The van der Waals surface area contributed by atoms with Crippen molar-refractivity contribution in [3.8, 4) is 11.3 Å². The minimum absolute atomic E-state index is 0.143. The van der Waals surface area contributed by atoms with Crippen molar-refractivity contribution in [2.75, 3.05) is 26.2 Å².